The summed E-state index contributed by atoms with van der Waals surface area (Å²) < 4.78 is 6.70. The predicted molar refractivity (Wildman–Crippen MR) is 85.1 cm³/mol. The summed E-state index contributed by atoms with van der Waals surface area (Å²) in [7, 11) is 3.44. The first-order valence-electron chi connectivity index (χ1n) is 6.35. The van der Waals surface area contributed by atoms with Crippen molar-refractivity contribution in [3.8, 4) is 11.3 Å². The van der Waals surface area contributed by atoms with E-state index in [1.54, 1.807) is 23.4 Å². The number of rotatable bonds is 5. The Bertz CT molecular complexity index is 792. The molecule has 0 aliphatic heterocycles. The maximum atomic E-state index is 12.1. The van der Waals surface area contributed by atoms with Crippen LogP contribution in [0, 0.1) is 0 Å². The Hall–Kier alpha value is -2.10. The van der Waals surface area contributed by atoms with Crippen LogP contribution in [0.25, 0.3) is 11.3 Å². The number of ether oxygens (including phenoxy) is 1. The van der Waals surface area contributed by atoms with Crippen LogP contribution in [-0.2, 0) is 18.4 Å². The Balaban J connectivity index is 1.70. The number of hydrogen-bond acceptors (Lipinski definition) is 7. The lowest BCUT2D eigenvalue weighted by atomic mass is 10.3. The minimum Gasteiger partial charge on any atom is -0.378 e. The molecule has 0 spiro atoms. The highest BCUT2D eigenvalue weighted by Crippen LogP contribution is 2.24. The zero-order valence-corrected chi connectivity index (χ0v) is 13.6. The summed E-state index contributed by atoms with van der Waals surface area (Å²) in [6.45, 7) is 0.403. The van der Waals surface area contributed by atoms with Gasteiger partial charge < -0.3 is 4.74 Å². The SMILES string of the molecule is COCc1nc(C(=O)Nc2nc(-c3cnn(C)c3)cs2)cs1. The molecule has 1 amide bonds. The quantitative estimate of drug-likeness (QED) is 0.774. The molecule has 22 heavy (non-hydrogen) atoms. The lowest BCUT2D eigenvalue weighted by molar-refractivity contribution is 0.102. The van der Waals surface area contributed by atoms with Crippen LogP contribution in [0.1, 0.15) is 15.5 Å². The normalized spacial score (nSPS) is 10.8. The molecule has 0 fully saturated rings. The van der Waals surface area contributed by atoms with Gasteiger partial charge >= 0.3 is 0 Å². The molecule has 0 atom stereocenters. The smallest absolute Gasteiger partial charge is 0.276 e. The first kappa shape index (κ1) is 14.8. The number of hydrogen-bond donors (Lipinski definition) is 1. The van der Waals surface area contributed by atoms with Crippen molar-refractivity contribution < 1.29 is 9.53 Å². The first-order chi connectivity index (χ1) is 10.7. The highest BCUT2D eigenvalue weighted by Gasteiger charge is 2.13. The molecule has 0 bridgehead atoms. The van der Waals surface area contributed by atoms with E-state index < -0.39 is 0 Å². The monoisotopic (exact) mass is 335 g/mol. The minimum atomic E-state index is -0.273. The van der Waals surface area contributed by atoms with E-state index in [0.29, 0.717) is 17.4 Å². The summed E-state index contributed by atoms with van der Waals surface area (Å²) >= 11 is 2.76. The minimum absolute atomic E-state index is 0.273. The van der Waals surface area contributed by atoms with Gasteiger partial charge in [0.05, 0.1) is 18.5 Å². The fourth-order valence-electron chi connectivity index (χ4n) is 1.78. The predicted octanol–water partition coefficient (Wildman–Crippen LogP) is 2.40. The Kier molecular flexibility index (Phi) is 4.27. The number of thiazole rings is 2. The van der Waals surface area contributed by atoms with E-state index in [2.05, 4.69) is 20.4 Å². The summed E-state index contributed by atoms with van der Waals surface area (Å²) in [6, 6.07) is 0. The molecule has 7 nitrogen and oxygen atoms in total. The van der Waals surface area contributed by atoms with Crippen molar-refractivity contribution in [3.63, 3.8) is 0 Å². The number of nitrogens with zero attached hydrogens (tertiary/aromatic N) is 4. The van der Waals surface area contributed by atoms with Gasteiger partial charge in [0, 0.05) is 36.7 Å². The Morgan fingerprint density at radius 1 is 1.36 bits per heavy atom. The standard InChI is InChI=1S/C13H13N5O2S2/c1-18-4-8(3-14-18)9-6-22-13(16-9)17-12(19)10-7-21-11(15-10)5-20-2/h3-4,6-7H,5H2,1-2H3,(H,16,17,19). The second kappa shape index (κ2) is 6.34. The average molecular weight is 335 g/mol. The summed E-state index contributed by atoms with van der Waals surface area (Å²) in [4.78, 5) is 20.7. The van der Waals surface area contributed by atoms with E-state index in [9.17, 15) is 4.79 Å². The number of methoxy groups -OCH3 is 1. The highest BCUT2D eigenvalue weighted by atomic mass is 32.1. The Morgan fingerprint density at radius 2 is 2.23 bits per heavy atom. The largest absolute Gasteiger partial charge is 0.378 e. The molecule has 3 aromatic rings. The molecular weight excluding hydrogens is 322 g/mol. The van der Waals surface area contributed by atoms with Gasteiger partial charge in [0.15, 0.2) is 5.13 Å². The Morgan fingerprint density at radius 3 is 2.95 bits per heavy atom. The van der Waals surface area contributed by atoms with Gasteiger partial charge in [-0.2, -0.15) is 5.10 Å². The van der Waals surface area contributed by atoms with Crippen LogP contribution in [0.5, 0.6) is 0 Å². The van der Waals surface area contributed by atoms with Gasteiger partial charge in [-0.05, 0) is 0 Å². The van der Waals surface area contributed by atoms with Gasteiger partial charge in [-0.15, -0.1) is 22.7 Å². The lowest BCUT2D eigenvalue weighted by Gasteiger charge is -1.97. The van der Waals surface area contributed by atoms with Crippen LogP contribution in [0.15, 0.2) is 23.2 Å². The summed E-state index contributed by atoms with van der Waals surface area (Å²) in [5, 5.41) is 11.7. The Labute approximate surface area is 134 Å². The molecule has 0 radical (unpaired) electrons. The molecule has 9 heteroatoms. The summed E-state index contributed by atoms with van der Waals surface area (Å²) in [6.07, 6.45) is 3.61. The molecule has 0 unspecified atom stereocenters. The third-order valence-electron chi connectivity index (χ3n) is 2.78. The zero-order chi connectivity index (χ0) is 15.5. The van der Waals surface area contributed by atoms with Crippen molar-refractivity contribution in [1.82, 2.24) is 19.7 Å². The van der Waals surface area contributed by atoms with Gasteiger partial charge in [0.2, 0.25) is 0 Å². The maximum Gasteiger partial charge on any atom is 0.276 e. The average Bonchev–Trinajstić information content (AvgIpc) is 3.19. The molecule has 0 saturated heterocycles. The van der Waals surface area contributed by atoms with Crippen LogP contribution in [0.3, 0.4) is 0 Å². The van der Waals surface area contributed by atoms with Crippen molar-refractivity contribution in [2.75, 3.05) is 12.4 Å². The van der Waals surface area contributed by atoms with E-state index in [4.69, 9.17) is 4.74 Å². The van der Waals surface area contributed by atoms with Gasteiger partial charge in [-0.25, -0.2) is 9.97 Å². The number of aromatic nitrogens is 4. The van der Waals surface area contributed by atoms with E-state index in [-0.39, 0.29) is 5.91 Å². The van der Waals surface area contributed by atoms with Gasteiger partial charge in [-0.3, -0.25) is 14.8 Å². The second-order valence-corrected chi connectivity index (χ2v) is 6.25. The first-order valence-corrected chi connectivity index (χ1v) is 8.11. The van der Waals surface area contributed by atoms with Gasteiger partial charge in [0.1, 0.15) is 10.7 Å². The summed E-state index contributed by atoms with van der Waals surface area (Å²) in [5.74, 6) is -0.273. The third-order valence-corrected chi connectivity index (χ3v) is 4.36. The fraction of sp³-hybridized carbons (Fsp3) is 0.231. The van der Waals surface area contributed by atoms with Crippen LogP contribution >= 0.6 is 22.7 Å². The van der Waals surface area contributed by atoms with E-state index in [1.165, 1.54) is 22.7 Å². The molecule has 3 aromatic heterocycles. The van der Waals surface area contributed by atoms with Crippen molar-refractivity contribution in [2.24, 2.45) is 7.05 Å². The zero-order valence-electron chi connectivity index (χ0n) is 11.9. The van der Waals surface area contributed by atoms with Crippen molar-refractivity contribution >= 4 is 33.7 Å². The fourth-order valence-corrected chi connectivity index (χ4v) is 3.24. The molecule has 1 N–H and O–H groups in total. The molecule has 0 saturated carbocycles. The van der Waals surface area contributed by atoms with Crippen LogP contribution in [-0.4, -0.2) is 32.8 Å². The maximum absolute atomic E-state index is 12.1. The van der Waals surface area contributed by atoms with E-state index >= 15 is 0 Å². The number of carbonyl (C=O) groups excluding carboxylic acids is 1. The number of aryl methyl sites for hydroxylation is 1. The molecule has 0 aliphatic carbocycles. The van der Waals surface area contributed by atoms with Crippen LogP contribution in [0.2, 0.25) is 0 Å². The second-order valence-electron chi connectivity index (χ2n) is 4.45. The van der Waals surface area contributed by atoms with Crippen molar-refractivity contribution in [2.45, 2.75) is 6.61 Å². The van der Waals surface area contributed by atoms with E-state index in [1.807, 2.05) is 18.6 Å². The number of carbonyl (C=O) groups is 1. The number of nitrogens with one attached hydrogen (secondary N) is 1. The molecule has 3 rings (SSSR count). The molecule has 0 aromatic carbocycles. The lowest BCUT2D eigenvalue weighted by Crippen LogP contribution is -2.12. The molecule has 0 aliphatic rings. The molecule has 114 valence electrons. The topological polar surface area (TPSA) is 81.9 Å². The van der Waals surface area contributed by atoms with Crippen LogP contribution < -0.4 is 5.32 Å². The summed E-state index contributed by atoms with van der Waals surface area (Å²) in [5.41, 5.74) is 2.07. The van der Waals surface area contributed by atoms with E-state index in [0.717, 1.165) is 16.3 Å². The van der Waals surface area contributed by atoms with Gasteiger partial charge in [-0.1, -0.05) is 0 Å². The highest BCUT2D eigenvalue weighted by molar-refractivity contribution is 7.14. The molecule has 3 heterocycles. The van der Waals surface area contributed by atoms with Gasteiger partial charge in [0.25, 0.3) is 5.91 Å². The molecular formula is C13H13N5O2S2. The van der Waals surface area contributed by atoms with Crippen molar-refractivity contribution in [1.29, 1.82) is 0 Å². The number of anilines is 1. The van der Waals surface area contributed by atoms with Crippen LogP contribution in [0.4, 0.5) is 5.13 Å². The van der Waals surface area contributed by atoms with Crippen molar-refractivity contribution in [3.05, 3.63) is 33.9 Å². The third kappa shape index (κ3) is 3.21. The number of amides is 1.